The number of nitrogens with one attached hydrogen (secondary N) is 2. The molecule has 0 aromatic heterocycles. The topological polar surface area (TPSA) is 45.7 Å². The van der Waals surface area contributed by atoms with Crippen LogP contribution >= 0.6 is 24.0 Å². The summed E-state index contributed by atoms with van der Waals surface area (Å²) >= 11 is 0. The second kappa shape index (κ2) is 8.99. The van der Waals surface area contributed by atoms with E-state index in [9.17, 15) is 4.39 Å². The Hall–Kier alpha value is -0.890. The summed E-state index contributed by atoms with van der Waals surface area (Å²) in [5.74, 6) is 0.700. The minimum absolute atomic E-state index is 0. The fourth-order valence-electron chi connectivity index (χ4n) is 3.08. The monoisotopic (exact) mass is 447 g/mol. The number of halogens is 2. The van der Waals surface area contributed by atoms with Crippen molar-refractivity contribution in [3.05, 3.63) is 35.6 Å². The fraction of sp³-hybridized carbons (Fsp3) is 0.611. The lowest BCUT2D eigenvalue weighted by molar-refractivity contribution is 0.0531. The van der Waals surface area contributed by atoms with Crippen molar-refractivity contribution in [2.75, 3.05) is 26.3 Å². The highest BCUT2D eigenvalue weighted by Crippen LogP contribution is 2.35. The van der Waals surface area contributed by atoms with Crippen LogP contribution in [0.1, 0.15) is 38.2 Å². The molecule has 6 heteroatoms. The van der Waals surface area contributed by atoms with E-state index in [1.807, 2.05) is 12.1 Å². The summed E-state index contributed by atoms with van der Waals surface area (Å²) in [6.45, 7) is 5.10. The van der Waals surface area contributed by atoms with Gasteiger partial charge in [0.2, 0.25) is 0 Å². The number of ether oxygens (including phenoxy) is 1. The maximum atomic E-state index is 13.3. The number of hydrogen-bond donors (Lipinski definition) is 2. The van der Waals surface area contributed by atoms with Gasteiger partial charge in [-0.15, -0.1) is 24.0 Å². The normalized spacial score (nSPS) is 20.2. The summed E-state index contributed by atoms with van der Waals surface area (Å²) in [6.07, 6.45) is 4.29. The Morgan fingerprint density at radius 1 is 1.25 bits per heavy atom. The molecule has 0 atom stereocenters. The summed E-state index contributed by atoms with van der Waals surface area (Å²) in [5, 5.41) is 6.78. The van der Waals surface area contributed by atoms with Crippen LogP contribution in [-0.4, -0.2) is 38.3 Å². The summed E-state index contributed by atoms with van der Waals surface area (Å²) in [7, 11) is 0. The maximum Gasteiger partial charge on any atom is 0.191 e. The number of benzene rings is 1. The maximum absolute atomic E-state index is 13.3. The van der Waals surface area contributed by atoms with E-state index < -0.39 is 0 Å². The first-order valence-electron chi connectivity index (χ1n) is 8.60. The molecule has 0 unspecified atom stereocenters. The molecule has 2 fully saturated rings. The molecule has 2 aliphatic rings. The molecular weight excluding hydrogens is 420 g/mol. The van der Waals surface area contributed by atoms with Gasteiger partial charge < -0.3 is 15.4 Å². The Morgan fingerprint density at radius 3 is 2.50 bits per heavy atom. The van der Waals surface area contributed by atoms with Crippen LogP contribution in [0.15, 0.2) is 29.3 Å². The van der Waals surface area contributed by atoms with Crippen molar-refractivity contribution >= 4 is 29.9 Å². The van der Waals surface area contributed by atoms with E-state index in [1.54, 1.807) is 12.1 Å². The van der Waals surface area contributed by atoms with Crippen LogP contribution in [0.3, 0.4) is 0 Å². The van der Waals surface area contributed by atoms with E-state index in [0.29, 0.717) is 12.6 Å². The van der Waals surface area contributed by atoms with Crippen LogP contribution in [-0.2, 0) is 10.2 Å². The molecule has 0 radical (unpaired) electrons. The molecule has 4 nitrogen and oxygen atoms in total. The number of aliphatic imine (C=N–C) groups is 1. The largest absolute Gasteiger partial charge is 0.381 e. The quantitative estimate of drug-likeness (QED) is 0.414. The highest BCUT2D eigenvalue weighted by molar-refractivity contribution is 14.0. The van der Waals surface area contributed by atoms with Crippen molar-refractivity contribution < 1.29 is 9.13 Å². The third-order valence-electron chi connectivity index (χ3n) is 4.71. The standard InChI is InChI=1S/C18H26FN3O.HI/c1-2-20-17(22-16-7-8-16)21-13-18(9-11-23-12-10-18)14-3-5-15(19)6-4-14;/h3-6,16H,2,7-13H2,1H3,(H2,20,21,22);1H. The minimum Gasteiger partial charge on any atom is -0.381 e. The first-order chi connectivity index (χ1) is 11.2. The lowest BCUT2D eigenvalue weighted by Crippen LogP contribution is -2.42. The van der Waals surface area contributed by atoms with E-state index in [0.717, 1.165) is 44.1 Å². The molecule has 1 aromatic rings. The molecule has 1 aromatic carbocycles. The van der Waals surface area contributed by atoms with Crippen molar-refractivity contribution in [2.24, 2.45) is 4.99 Å². The highest BCUT2D eigenvalue weighted by Gasteiger charge is 2.34. The molecule has 0 spiro atoms. The molecular formula is C18H27FIN3O. The van der Waals surface area contributed by atoms with Crippen LogP contribution in [0.25, 0.3) is 0 Å². The lowest BCUT2D eigenvalue weighted by atomic mass is 9.74. The van der Waals surface area contributed by atoms with Crippen molar-refractivity contribution in [2.45, 2.75) is 44.1 Å². The molecule has 1 saturated carbocycles. The highest BCUT2D eigenvalue weighted by atomic mass is 127. The number of nitrogens with zero attached hydrogens (tertiary/aromatic N) is 1. The van der Waals surface area contributed by atoms with Crippen molar-refractivity contribution in [3.8, 4) is 0 Å². The Kier molecular flexibility index (Phi) is 7.28. The van der Waals surface area contributed by atoms with Gasteiger partial charge in [0.25, 0.3) is 0 Å². The summed E-state index contributed by atoms with van der Waals surface area (Å²) < 4.78 is 18.8. The Labute approximate surface area is 160 Å². The molecule has 2 N–H and O–H groups in total. The zero-order valence-electron chi connectivity index (χ0n) is 14.2. The predicted octanol–water partition coefficient (Wildman–Crippen LogP) is 3.21. The first-order valence-corrected chi connectivity index (χ1v) is 8.60. The molecule has 0 amide bonds. The average molecular weight is 447 g/mol. The molecule has 134 valence electrons. The summed E-state index contributed by atoms with van der Waals surface area (Å²) in [4.78, 5) is 4.83. The van der Waals surface area contributed by atoms with Gasteiger partial charge in [0, 0.05) is 31.2 Å². The van der Waals surface area contributed by atoms with Gasteiger partial charge >= 0.3 is 0 Å². The van der Waals surface area contributed by atoms with Crippen LogP contribution in [0.2, 0.25) is 0 Å². The van der Waals surface area contributed by atoms with Gasteiger partial charge in [-0.3, -0.25) is 4.99 Å². The van der Waals surface area contributed by atoms with Gasteiger partial charge in [-0.1, -0.05) is 12.1 Å². The molecule has 1 aliphatic carbocycles. The van der Waals surface area contributed by atoms with Crippen molar-refractivity contribution in [3.63, 3.8) is 0 Å². The summed E-state index contributed by atoms with van der Waals surface area (Å²) in [6, 6.07) is 7.46. The first kappa shape index (κ1) is 19.4. The third kappa shape index (κ3) is 5.05. The van der Waals surface area contributed by atoms with E-state index in [1.165, 1.54) is 12.8 Å². The summed E-state index contributed by atoms with van der Waals surface area (Å²) in [5.41, 5.74) is 1.10. The Balaban J connectivity index is 0.00000208. The van der Waals surface area contributed by atoms with E-state index in [-0.39, 0.29) is 35.2 Å². The average Bonchev–Trinajstić information content (AvgIpc) is 3.38. The fourth-order valence-corrected chi connectivity index (χ4v) is 3.08. The molecule has 24 heavy (non-hydrogen) atoms. The predicted molar refractivity (Wildman–Crippen MR) is 106 cm³/mol. The third-order valence-corrected chi connectivity index (χ3v) is 4.71. The lowest BCUT2D eigenvalue weighted by Gasteiger charge is -2.36. The zero-order valence-corrected chi connectivity index (χ0v) is 16.5. The van der Waals surface area contributed by atoms with Gasteiger partial charge in [-0.05, 0) is 50.3 Å². The van der Waals surface area contributed by atoms with Crippen LogP contribution < -0.4 is 10.6 Å². The van der Waals surface area contributed by atoms with Crippen molar-refractivity contribution in [1.82, 2.24) is 10.6 Å². The molecule has 0 bridgehead atoms. The van der Waals surface area contributed by atoms with Crippen LogP contribution in [0.5, 0.6) is 0 Å². The number of hydrogen-bond acceptors (Lipinski definition) is 2. The second-order valence-electron chi connectivity index (χ2n) is 6.51. The second-order valence-corrected chi connectivity index (χ2v) is 6.51. The van der Waals surface area contributed by atoms with Gasteiger partial charge in [0.15, 0.2) is 5.96 Å². The van der Waals surface area contributed by atoms with Crippen LogP contribution in [0, 0.1) is 5.82 Å². The Bertz CT molecular complexity index is 540. The molecule has 1 heterocycles. The van der Waals surface area contributed by atoms with E-state index in [2.05, 4.69) is 17.6 Å². The van der Waals surface area contributed by atoms with Gasteiger partial charge in [0.05, 0.1) is 6.54 Å². The van der Waals surface area contributed by atoms with Gasteiger partial charge in [-0.2, -0.15) is 0 Å². The molecule has 1 aliphatic heterocycles. The smallest absolute Gasteiger partial charge is 0.191 e. The van der Waals surface area contributed by atoms with Crippen molar-refractivity contribution in [1.29, 1.82) is 0 Å². The van der Waals surface area contributed by atoms with E-state index >= 15 is 0 Å². The Morgan fingerprint density at radius 2 is 1.92 bits per heavy atom. The SMILES string of the molecule is CCNC(=NCC1(c2ccc(F)cc2)CCOCC1)NC1CC1.I. The van der Waals surface area contributed by atoms with Crippen LogP contribution in [0.4, 0.5) is 4.39 Å². The van der Waals surface area contributed by atoms with Gasteiger partial charge in [-0.25, -0.2) is 4.39 Å². The molecule has 3 rings (SSSR count). The van der Waals surface area contributed by atoms with E-state index in [4.69, 9.17) is 9.73 Å². The number of rotatable bonds is 5. The number of guanidine groups is 1. The minimum atomic E-state index is -0.191. The van der Waals surface area contributed by atoms with Gasteiger partial charge in [0.1, 0.15) is 5.82 Å². The zero-order chi connectivity index (χ0) is 16.1. The molecule has 1 saturated heterocycles.